The number of nitro benzene ring substituents is 2. The van der Waals surface area contributed by atoms with E-state index >= 15 is 0 Å². The Kier molecular flexibility index (Phi) is 7.61. The Bertz CT molecular complexity index is 1500. The summed E-state index contributed by atoms with van der Waals surface area (Å²) in [6, 6.07) is 14.3. The van der Waals surface area contributed by atoms with E-state index in [1.165, 1.54) is 30.3 Å². The van der Waals surface area contributed by atoms with Gasteiger partial charge in [-0.3, -0.25) is 35.1 Å². The van der Waals surface area contributed by atoms with Crippen molar-refractivity contribution in [3.63, 3.8) is 0 Å². The molecular formula is C26H20N4O9. The van der Waals surface area contributed by atoms with Crippen LogP contribution in [0.4, 0.5) is 21.9 Å². The molecule has 1 fully saturated rings. The molecule has 0 radical (unpaired) electrons. The number of nitrogens with zero attached hydrogens (tertiary/aromatic N) is 3. The van der Waals surface area contributed by atoms with E-state index in [1.54, 1.807) is 37.3 Å². The number of imide groups is 2. The highest BCUT2D eigenvalue weighted by Gasteiger charge is 2.37. The van der Waals surface area contributed by atoms with E-state index in [0.717, 1.165) is 12.1 Å². The monoisotopic (exact) mass is 532 g/mol. The summed E-state index contributed by atoms with van der Waals surface area (Å²) < 4.78 is 11.5. The number of carbonyl (C=O) groups is 3. The second-order valence-corrected chi connectivity index (χ2v) is 8.08. The lowest BCUT2D eigenvalue weighted by molar-refractivity contribution is -0.385. The van der Waals surface area contributed by atoms with Crippen LogP contribution in [0.5, 0.6) is 11.5 Å². The first-order valence-electron chi connectivity index (χ1n) is 11.5. The van der Waals surface area contributed by atoms with Crippen molar-refractivity contribution in [1.82, 2.24) is 5.32 Å². The SMILES string of the molecule is CCOc1cc(/C=C2\C(=O)NC(=O)N(c3ccc([N+](=O)[O-])cc3)C2=O)ccc1OCc1ccc([N+](=O)[O-])cc1. The number of non-ortho nitro benzene ring substituents is 2. The van der Waals surface area contributed by atoms with Crippen molar-refractivity contribution in [3.8, 4) is 11.5 Å². The highest BCUT2D eigenvalue weighted by Crippen LogP contribution is 2.31. The third kappa shape index (κ3) is 5.88. The first kappa shape index (κ1) is 26.5. The number of hydrogen-bond donors (Lipinski definition) is 1. The molecule has 1 aliphatic heterocycles. The summed E-state index contributed by atoms with van der Waals surface area (Å²) in [4.78, 5) is 59.4. The van der Waals surface area contributed by atoms with E-state index in [-0.39, 0.29) is 35.8 Å². The number of nitrogens with one attached hydrogen (secondary N) is 1. The van der Waals surface area contributed by atoms with E-state index in [9.17, 15) is 34.6 Å². The Balaban J connectivity index is 1.57. The minimum Gasteiger partial charge on any atom is -0.490 e. The third-order valence-electron chi connectivity index (χ3n) is 5.54. The van der Waals surface area contributed by atoms with Gasteiger partial charge in [0.2, 0.25) is 0 Å². The lowest BCUT2D eigenvalue weighted by atomic mass is 10.1. The van der Waals surface area contributed by atoms with E-state index in [1.807, 2.05) is 0 Å². The lowest BCUT2D eigenvalue weighted by Gasteiger charge is -2.26. The van der Waals surface area contributed by atoms with Gasteiger partial charge in [0.1, 0.15) is 12.2 Å². The number of nitro groups is 2. The van der Waals surface area contributed by atoms with Gasteiger partial charge < -0.3 is 9.47 Å². The largest absolute Gasteiger partial charge is 0.490 e. The maximum absolute atomic E-state index is 13.1. The van der Waals surface area contributed by atoms with Crippen molar-refractivity contribution < 1.29 is 33.7 Å². The van der Waals surface area contributed by atoms with Gasteiger partial charge in [0, 0.05) is 24.3 Å². The van der Waals surface area contributed by atoms with Crippen LogP contribution in [0.2, 0.25) is 0 Å². The number of barbiturate groups is 1. The molecule has 39 heavy (non-hydrogen) atoms. The smallest absolute Gasteiger partial charge is 0.335 e. The fourth-order valence-corrected chi connectivity index (χ4v) is 3.66. The molecule has 1 saturated heterocycles. The van der Waals surface area contributed by atoms with Crippen LogP contribution in [0, 0.1) is 20.2 Å². The Labute approximate surface area is 220 Å². The molecule has 3 aromatic carbocycles. The zero-order valence-corrected chi connectivity index (χ0v) is 20.4. The van der Waals surface area contributed by atoms with Crippen LogP contribution in [0.25, 0.3) is 6.08 Å². The summed E-state index contributed by atoms with van der Waals surface area (Å²) in [6.45, 7) is 2.15. The van der Waals surface area contributed by atoms with Crippen LogP contribution in [0.3, 0.4) is 0 Å². The van der Waals surface area contributed by atoms with Crippen LogP contribution < -0.4 is 19.7 Å². The molecular weight excluding hydrogens is 512 g/mol. The fourth-order valence-electron chi connectivity index (χ4n) is 3.66. The average Bonchev–Trinajstić information content (AvgIpc) is 2.91. The molecule has 1 N–H and O–H groups in total. The molecule has 0 bridgehead atoms. The number of amides is 4. The molecule has 198 valence electrons. The second kappa shape index (κ2) is 11.2. The maximum atomic E-state index is 13.1. The molecule has 3 aromatic rings. The van der Waals surface area contributed by atoms with Crippen LogP contribution in [-0.4, -0.2) is 34.3 Å². The van der Waals surface area contributed by atoms with Crippen molar-refractivity contribution in [2.75, 3.05) is 11.5 Å². The first-order chi connectivity index (χ1) is 18.7. The highest BCUT2D eigenvalue weighted by atomic mass is 16.6. The molecule has 13 nitrogen and oxygen atoms in total. The first-order valence-corrected chi connectivity index (χ1v) is 11.5. The minimum atomic E-state index is -0.985. The topological polar surface area (TPSA) is 171 Å². The van der Waals surface area contributed by atoms with Crippen molar-refractivity contribution in [2.24, 2.45) is 0 Å². The average molecular weight is 532 g/mol. The van der Waals surface area contributed by atoms with Gasteiger partial charge in [-0.2, -0.15) is 0 Å². The van der Waals surface area contributed by atoms with E-state index in [2.05, 4.69) is 5.32 Å². The second-order valence-electron chi connectivity index (χ2n) is 8.08. The molecule has 0 spiro atoms. The van der Waals surface area contributed by atoms with Crippen molar-refractivity contribution in [1.29, 1.82) is 0 Å². The summed E-state index contributed by atoms with van der Waals surface area (Å²) in [5.41, 5.74) is 0.532. The summed E-state index contributed by atoms with van der Waals surface area (Å²) >= 11 is 0. The normalized spacial score (nSPS) is 14.2. The van der Waals surface area contributed by atoms with Gasteiger partial charge in [0.05, 0.1) is 22.1 Å². The molecule has 0 unspecified atom stereocenters. The number of ether oxygens (including phenoxy) is 2. The van der Waals surface area contributed by atoms with E-state index in [0.29, 0.717) is 27.5 Å². The number of urea groups is 1. The fraction of sp³-hybridized carbons (Fsp3) is 0.115. The Hall–Kier alpha value is -5.59. The summed E-state index contributed by atoms with van der Waals surface area (Å²) in [5, 5.41) is 23.8. The van der Waals surface area contributed by atoms with Crippen LogP contribution >= 0.6 is 0 Å². The van der Waals surface area contributed by atoms with Crippen molar-refractivity contribution in [2.45, 2.75) is 13.5 Å². The van der Waals surface area contributed by atoms with E-state index < -0.39 is 27.7 Å². The van der Waals surface area contributed by atoms with E-state index in [4.69, 9.17) is 9.47 Å². The van der Waals surface area contributed by atoms with Crippen molar-refractivity contribution >= 4 is 41.0 Å². The van der Waals surface area contributed by atoms with Gasteiger partial charge in [0.15, 0.2) is 11.5 Å². The minimum absolute atomic E-state index is 0.0405. The molecule has 4 amide bonds. The number of hydrogen-bond acceptors (Lipinski definition) is 9. The lowest BCUT2D eigenvalue weighted by Crippen LogP contribution is -2.54. The third-order valence-corrected chi connectivity index (χ3v) is 5.54. The molecule has 13 heteroatoms. The standard InChI is InChI=1S/C26H20N4O9/c1-2-38-23-14-17(5-12-22(23)39-15-16-3-6-19(7-4-16)29(34)35)13-21-24(31)27-26(33)28(25(21)32)18-8-10-20(11-9-18)30(36)37/h3-14H,2,15H2,1H3,(H,27,31,33)/b21-13+. The van der Waals surface area contributed by atoms with Gasteiger partial charge in [-0.15, -0.1) is 0 Å². The van der Waals surface area contributed by atoms with Crippen molar-refractivity contribution in [3.05, 3.63) is 104 Å². The van der Waals surface area contributed by atoms with Crippen LogP contribution in [0.15, 0.2) is 72.3 Å². The quantitative estimate of drug-likeness (QED) is 0.184. The number of anilines is 1. The Morgan fingerprint density at radius 3 is 2.05 bits per heavy atom. The molecule has 0 saturated carbocycles. The number of benzene rings is 3. The summed E-state index contributed by atoms with van der Waals surface area (Å²) in [5.74, 6) is -1.13. The van der Waals surface area contributed by atoms with Gasteiger partial charge in [-0.25, -0.2) is 9.69 Å². The predicted molar refractivity (Wildman–Crippen MR) is 137 cm³/mol. The Morgan fingerprint density at radius 2 is 1.46 bits per heavy atom. The summed E-state index contributed by atoms with van der Waals surface area (Å²) in [7, 11) is 0. The van der Waals surface area contributed by atoms with Crippen LogP contribution in [0.1, 0.15) is 18.1 Å². The Morgan fingerprint density at radius 1 is 0.846 bits per heavy atom. The van der Waals surface area contributed by atoms with Gasteiger partial charge >= 0.3 is 6.03 Å². The molecule has 0 aliphatic carbocycles. The maximum Gasteiger partial charge on any atom is 0.335 e. The zero-order chi connectivity index (χ0) is 28.1. The molecule has 1 heterocycles. The zero-order valence-electron chi connectivity index (χ0n) is 20.4. The highest BCUT2D eigenvalue weighted by molar-refractivity contribution is 6.39. The van der Waals surface area contributed by atoms with Crippen LogP contribution in [-0.2, 0) is 16.2 Å². The molecule has 4 rings (SSSR count). The predicted octanol–water partition coefficient (Wildman–Crippen LogP) is 4.15. The number of carbonyl (C=O) groups excluding carboxylic acids is 3. The molecule has 0 atom stereocenters. The van der Waals surface area contributed by atoms with Gasteiger partial charge in [-0.1, -0.05) is 6.07 Å². The number of rotatable bonds is 9. The van der Waals surface area contributed by atoms with Gasteiger partial charge in [-0.05, 0) is 60.5 Å². The molecule has 1 aliphatic rings. The van der Waals surface area contributed by atoms with Gasteiger partial charge in [0.25, 0.3) is 23.2 Å². The summed E-state index contributed by atoms with van der Waals surface area (Å²) in [6.07, 6.45) is 1.28. The molecule has 0 aromatic heterocycles.